The van der Waals surface area contributed by atoms with E-state index in [9.17, 15) is 4.79 Å². The molecule has 0 amide bonds. The van der Waals surface area contributed by atoms with Crippen molar-refractivity contribution >= 4 is 19.5 Å². The van der Waals surface area contributed by atoms with Gasteiger partial charge < -0.3 is 9.84 Å². The molecule has 66 valence electrons. The van der Waals surface area contributed by atoms with E-state index in [-0.39, 0.29) is 24.8 Å². The van der Waals surface area contributed by atoms with Crippen molar-refractivity contribution in [2.45, 2.75) is 0 Å². The summed E-state index contributed by atoms with van der Waals surface area (Å²) in [6, 6.07) is 6.24. The average Bonchev–Trinajstić information content (AvgIpc) is 2.04. The zero-order chi connectivity index (χ0) is 8.27. The minimum atomic E-state index is -0.525. The SMILES string of the molecule is COC(=O)c1ccccc1O.S. The lowest BCUT2D eigenvalue weighted by Crippen LogP contribution is -2.00. The summed E-state index contributed by atoms with van der Waals surface area (Å²) in [6.45, 7) is 0. The van der Waals surface area contributed by atoms with Gasteiger partial charge in [0.05, 0.1) is 7.11 Å². The van der Waals surface area contributed by atoms with Crippen molar-refractivity contribution < 1.29 is 14.6 Å². The number of esters is 1. The molecule has 12 heavy (non-hydrogen) atoms. The molecule has 0 aliphatic rings. The summed E-state index contributed by atoms with van der Waals surface area (Å²) in [5.41, 5.74) is 0.190. The van der Waals surface area contributed by atoms with Crippen LogP contribution in [-0.2, 0) is 4.74 Å². The van der Waals surface area contributed by atoms with Crippen LogP contribution in [0.1, 0.15) is 10.4 Å². The Kier molecular flexibility index (Phi) is 4.21. The number of carbonyl (C=O) groups excluding carboxylic acids is 1. The first-order valence-electron chi connectivity index (χ1n) is 3.12. The zero-order valence-electron chi connectivity index (χ0n) is 6.57. The summed E-state index contributed by atoms with van der Waals surface area (Å²) in [5, 5.41) is 9.11. The van der Waals surface area contributed by atoms with Crippen molar-refractivity contribution in [2.75, 3.05) is 7.11 Å². The van der Waals surface area contributed by atoms with E-state index in [1.807, 2.05) is 0 Å². The minimum absolute atomic E-state index is 0. The summed E-state index contributed by atoms with van der Waals surface area (Å²) < 4.78 is 4.42. The van der Waals surface area contributed by atoms with Crippen molar-refractivity contribution in [2.24, 2.45) is 0 Å². The molecule has 0 unspecified atom stereocenters. The number of phenolic OH excluding ortho intramolecular Hbond substituents is 1. The van der Waals surface area contributed by atoms with Crippen LogP contribution in [0, 0.1) is 0 Å². The molecule has 0 aliphatic carbocycles. The van der Waals surface area contributed by atoms with E-state index in [0.717, 1.165) is 0 Å². The highest BCUT2D eigenvalue weighted by molar-refractivity contribution is 7.59. The standard InChI is InChI=1S/C8H8O3.H2S/c1-11-8(10)6-4-2-3-5-7(6)9;/h2-5,9H,1H3;1H2. The number of hydrogen-bond donors (Lipinski definition) is 1. The third-order valence-electron chi connectivity index (χ3n) is 1.31. The van der Waals surface area contributed by atoms with Gasteiger partial charge in [0.1, 0.15) is 11.3 Å². The monoisotopic (exact) mass is 186 g/mol. The Balaban J connectivity index is 0.00000121. The number of phenols is 1. The van der Waals surface area contributed by atoms with Crippen LogP contribution in [0.3, 0.4) is 0 Å². The molecule has 0 bridgehead atoms. The maximum absolute atomic E-state index is 10.9. The quantitative estimate of drug-likeness (QED) is 0.672. The van der Waals surface area contributed by atoms with Crippen molar-refractivity contribution in [3.63, 3.8) is 0 Å². The molecule has 1 aromatic rings. The number of rotatable bonds is 1. The summed E-state index contributed by atoms with van der Waals surface area (Å²) in [6.07, 6.45) is 0. The molecule has 1 aromatic carbocycles. The van der Waals surface area contributed by atoms with Gasteiger partial charge in [0.25, 0.3) is 0 Å². The molecule has 0 saturated carbocycles. The van der Waals surface area contributed by atoms with Crippen LogP contribution in [0.15, 0.2) is 24.3 Å². The lowest BCUT2D eigenvalue weighted by Gasteiger charge is -1.99. The topological polar surface area (TPSA) is 46.5 Å². The normalized spacial score (nSPS) is 8.42. The number of benzene rings is 1. The highest BCUT2D eigenvalue weighted by Gasteiger charge is 2.08. The van der Waals surface area contributed by atoms with Crippen LogP contribution in [-0.4, -0.2) is 18.2 Å². The zero-order valence-corrected chi connectivity index (χ0v) is 7.57. The third kappa shape index (κ3) is 2.17. The van der Waals surface area contributed by atoms with E-state index in [2.05, 4.69) is 4.74 Å². The van der Waals surface area contributed by atoms with Crippen molar-refractivity contribution in [3.8, 4) is 5.75 Å². The molecule has 0 spiro atoms. The van der Waals surface area contributed by atoms with Gasteiger partial charge in [-0.2, -0.15) is 13.5 Å². The molecule has 0 aliphatic heterocycles. The van der Waals surface area contributed by atoms with Gasteiger partial charge in [0, 0.05) is 0 Å². The van der Waals surface area contributed by atoms with E-state index >= 15 is 0 Å². The van der Waals surface area contributed by atoms with Gasteiger partial charge in [-0.15, -0.1) is 0 Å². The lowest BCUT2D eigenvalue weighted by molar-refractivity contribution is 0.0597. The highest BCUT2D eigenvalue weighted by atomic mass is 32.1. The second kappa shape index (κ2) is 4.66. The molecular weight excluding hydrogens is 176 g/mol. The molecular formula is C8H10O3S. The van der Waals surface area contributed by atoms with E-state index in [1.54, 1.807) is 12.1 Å². The van der Waals surface area contributed by atoms with Crippen LogP contribution in [0.4, 0.5) is 0 Å². The third-order valence-corrected chi connectivity index (χ3v) is 1.31. The van der Waals surface area contributed by atoms with Crippen LogP contribution < -0.4 is 0 Å². The predicted molar refractivity (Wildman–Crippen MR) is 49.8 cm³/mol. The fourth-order valence-corrected chi connectivity index (χ4v) is 0.756. The highest BCUT2D eigenvalue weighted by Crippen LogP contribution is 2.15. The molecule has 3 nitrogen and oxygen atoms in total. The summed E-state index contributed by atoms with van der Waals surface area (Å²) >= 11 is 0. The van der Waals surface area contributed by atoms with Crippen LogP contribution >= 0.6 is 13.5 Å². The fraction of sp³-hybridized carbons (Fsp3) is 0.125. The summed E-state index contributed by atoms with van der Waals surface area (Å²) in [5.74, 6) is -0.581. The number of para-hydroxylation sites is 1. The van der Waals surface area contributed by atoms with Gasteiger partial charge in [-0.05, 0) is 12.1 Å². The number of carbonyl (C=O) groups is 1. The molecule has 0 radical (unpaired) electrons. The number of aromatic hydroxyl groups is 1. The second-order valence-electron chi connectivity index (χ2n) is 2.01. The molecule has 0 atom stereocenters. The maximum atomic E-state index is 10.9. The van der Waals surface area contributed by atoms with Gasteiger partial charge in [-0.1, -0.05) is 12.1 Å². The molecule has 0 saturated heterocycles. The van der Waals surface area contributed by atoms with Crippen molar-refractivity contribution in [3.05, 3.63) is 29.8 Å². The van der Waals surface area contributed by atoms with E-state index in [0.29, 0.717) is 0 Å². The van der Waals surface area contributed by atoms with Crippen molar-refractivity contribution in [1.82, 2.24) is 0 Å². The average molecular weight is 186 g/mol. The van der Waals surface area contributed by atoms with E-state index in [1.165, 1.54) is 19.2 Å². The smallest absolute Gasteiger partial charge is 0.341 e. The molecule has 0 heterocycles. The molecule has 4 heteroatoms. The van der Waals surface area contributed by atoms with Crippen LogP contribution in [0.25, 0.3) is 0 Å². The van der Waals surface area contributed by atoms with Gasteiger partial charge in [0.15, 0.2) is 0 Å². The Labute approximate surface area is 77.4 Å². The molecule has 1 N–H and O–H groups in total. The molecule has 1 rings (SSSR count). The Morgan fingerprint density at radius 1 is 1.42 bits per heavy atom. The van der Waals surface area contributed by atoms with E-state index < -0.39 is 5.97 Å². The summed E-state index contributed by atoms with van der Waals surface area (Å²) in [4.78, 5) is 10.9. The number of methoxy groups -OCH3 is 1. The maximum Gasteiger partial charge on any atom is 0.341 e. The Morgan fingerprint density at radius 2 is 2.00 bits per heavy atom. The molecule has 0 aromatic heterocycles. The Hall–Kier alpha value is -1.16. The van der Waals surface area contributed by atoms with Gasteiger partial charge in [-0.25, -0.2) is 4.79 Å². The number of hydrogen-bond acceptors (Lipinski definition) is 3. The Bertz CT molecular complexity index is 273. The van der Waals surface area contributed by atoms with Gasteiger partial charge >= 0.3 is 5.97 Å². The largest absolute Gasteiger partial charge is 0.507 e. The first-order chi connectivity index (χ1) is 5.25. The minimum Gasteiger partial charge on any atom is -0.507 e. The summed E-state index contributed by atoms with van der Waals surface area (Å²) in [7, 11) is 1.27. The second-order valence-corrected chi connectivity index (χ2v) is 2.01. The van der Waals surface area contributed by atoms with Gasteiger partial charge in [-0.3, -0.25) is 0 Å². The van der Waals surface area contributed by atoms with E-state index in [4.69, 9.17) is 5.11 Å². The Morgan fingerprint density at radius 3 is 2.50 bits per heavy atom. The van der Waals surface area contributed by atoms with Crippen LogP contribution in [0.5, 0.6) is 5.75 Å². The predicted octanol–water partition coefficient (Wildman–Crippen LogP) is 1.29. The van der Waals surface area contributed by atoms with Gasteiger partial charge in [0.2, 0.25) is 0 Å². The molecule has 0 fully saturated rings. The first-order valence-corrected chi connectivity index (χ1v) is 3.12. The number of ether oxygens (including phenoxy) is 1. The van der Waals surface area contributed by atoms with Crippen LogP contribution in [0.2, 0.25) is 0 Å². The first kappa shape index (κ1) is 10.8. The lowest BCUT2D eigenvalue weighted by atomic mass is 10.2. The van der Waals surface area contributed by atoms with Crippen molar-refractivity contribution in [1.29, 1.82) is 0 Å². The fourth-order valence-electron chi connectivity index (χ4n) is 0.756.